The minimum Gasteiger partial charge on any atom is -0.350 e. The van der Waals surface area contributed by atoms with Crippen molar-refractivity contribution < 1.29 is 4.92 Å². The maximum atomic E-state index is 10.9. The van der Waals surface area contributed by atoms with E-state index in [1.54, 1.807) is 12.1 Å². The van der Waals surface area contributed by atoms with Crippen molar-refractivity contribution in [1.29, 1.82) is 0 Å². The number of anilines is 1. The number of fused-ring (bicyclic) bond motifs is 1. The van der Waals surface area contributed by atoms with Crippen LogP contribution in [-0.2, 0) is 19.4 Å². The number of aromatic nitrogens is 4. The number of nitro benzene ring substituents is 1. The minimum absolute atomic E-state index is 0.0516. The molecule has 0 atom stereocenters. The zero-order valence-electron chi connectivity index (χ0n) is 15.8. The van der Waals surface area contributed by atoms with Crippen molar-refractivity contribution in [2.24, 2.45) is 0 Å². The Labute approximate surface area is 162 Å². The predicted octanol–water partition coefficient (Wildman–Crippen LogP) is 3.28. The summed E-state index contributed by atoms with van der Waals surface area (Å²) in [7, 11) is 0. The molecule has 1 aliphatic heterocycles. The normalized spacial score (nSPS) is 13.3. The highest BCUT2D eigenvalue weighted by Gasteiger charge is 2.20. The summed E-state index contributed by atoms with van der Waals surface area (Å²) in [5.41, 5.74) is 3.89. The number of non-ortho nitro benzene ring substituents is 1. The lowest BCUT2D eigenvalue weighted by atomic mass is 10.1. The van der Waals surface area contributed by atoms with Gasteiger partial charge in [0.2, 0.25) is 0 Å². The van der Waals surface area contributed by atoms with Crippen LogP contribution in [0, 0.1) is 17.0 Å². The van der Waals surface area contributed by atoms with Crippen LogP contribution in [0.2, 0.25) is 0 Å². The molecule has 0 bridgehead atoms. The molecule has 0 N–H and O–H groups in total. The summed E-state index contributed by atoms with van der Waals surface area (Å²) < 4.78 is 0. The average molecular weight is 376 g/mol. The van der Waals surface area contributed by atoms with Gasteiger partial charge in [-0.2, -0.15) is 0 Å². The number of nitro groups is 1. The first-order valence-electron chi connectivity index (χ1n) is 9.22. The largest absolute Gasteiger partial charge is 0.350 e. The summed E-state index contributed by atoms with van der Waals surface area (Å²) in [5.74, 6) is 2.25. The van der Waals surface area contributed by atoms with Gasteiger partial charge in [-0.3, -0.25) is 10.1 Å². The van der Waals surface area contributed by atoms with Crippen LogP contribution >= 0.6 is 0 Å². The van der Waals surface area contributed by atoms with Crippen molar-refractivity contribution in [2.75, 3.05) is 11.4 Å². The topological polar surface area (TPSA) is 97.9 Å². The molecule has 0 unspecified atom stereocenters. The number of benzene rings is 1. The molecule has 4 rings (SSSR count). The SMILES string of the molecule is CCc1ncc2c(n1)CN(c1cc(C)nc(-c3ccc([N+](=O)[O-])cc3)n1)CC2. The van der Waals surface area contributed by atoms with Crippen molar-refractivity contribution in [1.82, 2.24) is 19.9 Å². The van der Waals surface area contributed by atoms with E-state index in [0.29, 0.717) is 12.4 Å². The molecule has 0 saturated carbocycles. The third kappa shape index (κ3) is 3.53. The van der Waals surface area contributed by atoms with E-state index in [1.807, 2.05) is 26.1 Å². The molecule has 1 aromatic carbocycles. The molecule has 8 nitrogen and oxygen atoms in total. The van der Waals surface area contributed by atoms with Crippen LogP contribution in [0.1, 0.15) is 29.7 Å². The fourth-order valence-corrected chi connectivity index (χ4v) is 3.29. The molecular formula is C20H20N6O2. The molecule has 1 aliphatic rings. The van der Waals surface area contributed by atoms with Gasteiger partial charge in [0.1, 0.15) is 11.6 Å². The number of nitrogens with zero attached hydrogens (tertiary/aromatic N) is 6. The molecule has 0 amide bonds. The highest BCUT2D eigenvalue weighted by molar-refractivity contribution is 5.60. The molecule has 0 spiro atoms. The molecule has 2 aromatic heterocycles. The van der Waals surface area contributed by atoms with E-state index >= 15 is 0 Å². The Morgan fingerprint density at radius 1 is 1.18 bits per heavy atom. The van der Waals surface area contributed by atoms with Gasteiger partial charge in [0.25, 0.3) is 5.69 Å². The maximum Gasteiger partial charge on any atom is 0.269 e. The van der Waals surface area contributed by atoms with Crippen molar-refractivity contribution in [2.45, 2.75) is 33.2 Å². The van der Waals surface area contributed by atoms with Gasteiger partial charge in [-0.1, -0.05) is 6.92 Å². The van der Waals surface area contributed by atoms with Gasteiger partial charge < -0.3 is 4.90 Å². The van der Waals surface area contributed by atoms with E-state index in [9.17, 15) is 10.1 Å². The highest BCUT2D eigenvalue weighted by Crippen LogP contribution is 2.26. The molecular weight excluding hydrogens is 356 g/mol. The van der Waals surface area contributed by atoms with Crippen molar-refractivity contribution in [3.05, 3.63) is 69.4 Å². The van der Waals surface area contributed by atoms with Crippen LogP contribution in [0.5, 0.6) is 0 Å². The van der Waals surface area contributed by atoms with Gasteiger partial charge in [-0.05, 0) is 31.0 Å². The molecule has 0 aliphatic carbocycles. The van der Waals surface area contributed by atoms with Crippen LogP contribution in [0.25, 0.3) is 11.4 Å². The average Bonchev–Trinajstić information content (AvgIpc) is 2.72. The number of hydrogen-bond acceptors (Lipinski definition) is 7. The zero-order valence-corrected chi connectivity index (χ0v) is 15.8. The third-order valence-corrected chi connectivity index (χ3v) is 4.81. The predicted molar refractivity (Wildman–Crippen MR) is 105 cm³/mol. The Morgan fingerprint density at radius 2 is 1.96 bits per heavy atom. The lowest BCUT2D eigenvalue weighted by Gasteiger charge is -2.29. The quantitative estimate of drug-likeness (QED) is 0.509. The monoisotopic (exact) mass is 376 g/mol. The summed E-state index contributed by atoms with van der Waals surface area (Å²) >= 11 is 0. The van der Waals surface area contributed by atoms with Crippen LogP contribution < -0.4 is 4.90 Å². The summed E-state index contributed by atoms with van der Waals surface area (Å²) in [6.07, 6.45) is 3.62. The smallest absolute Gasteiger partial charge is 0.269 e. The Kier molecular flexibility index (Phi) is 4.68. The molecule has 142 valence electrons. The second kappa shape index (κ2) is 7.30. The fraction of sp³-hybridized carbons (Fsp3) is 0.300. The highest BCUT2D eigenvalue weighted by atomic mass is 16.6. The Morgan fingerprint density at radius 3 is 2.68 bits per heavy atom. The molecule has 0 radical (unpaired) electrons. The Bertz CT molecular complexity index is 1040. The van der Waals surface area contributed by atoms with Crippen molar-refractivity contribution >= 4 is 11.5 Å². The summed E-state index contributed by atoms with van der Waals surface area (Å²) in [6, 6.07) is 8.27. The van der Waals surface area contributed by atoms with E-state index < -0.39 is 4.92 Å². The Balaban J connectivity index is 1.64. The van der Waals surface area contributed by atoms with E-state index in [4.69, 9.17) is 4.98 Å². The first kappa shape index (κ1) is 18.0. The number of hydrogen-bond donors (Lipinski definition) is 0. The third-order valence-electron chi connectivity index (χ3n) is 4.81. The maximum absolute atomic E-state index is 10.9. The molecule has 0 fully saturated rings. The first-order valence-corrected chi connectivity index (χ1v) is 9.22. The molecule has 3 aromatic rings. The second-order valence-corrected chi connectivity index (χ2v) is 6.78. The van der Waals surface area contributed by atoms with Gasteiger partial charge >= 0.3 is 0 Å². The minimum atomic E-state index is -0.413. The summed E-state index contributed by atoms with van der Waals surface area (Å²) in [6.45, 7) is 5.49. The molecule has 0 saturated heterocycles. The Hall–Kier alpha value is -3.42. The number of rotatable bonds is 4. The first-order chi connectivity index (χ1) is 13.5. The zero-order chi connectivity index (χ0) is 19.7. The molecule has 3 heterocycles. The van der Waals surface area contributed by atoms with Gasteiger partial charge in [0, 0.05) is 48.6 Å². The van der Waals surface area contributed by atoms with Gasteiger partial charge in [-0.25, -0.2) is 19.9 Å². The van der Waals surface area contributed by atoms with E-state index in [0.717, 1.165) is 48.0 Å². The van der Waals surface area contributed by atoms with Crippen LogP contribution in [0.4, 0.5) is 11.5 Å². The van der Waals surface area contributed by atoms with Gasteiger partial charge in [0.15, 0.2) is 5.82 Å². The molecule has 8 heteroatoms. The summed E-state index contributed by atoms with van der Waals surface area (Å²) in [4.78, 5) is 30.9. The van der Waals surface area contributed by atoms with Gasteiger partial charge in [-0.15, -0.1) is 0 Å². The van der Waals surface area contributed by atoms with Crippen LogP contribution in [0.15, 0.2) is 36.5 Å². The number of aryl methyl sites for hydroxylation is 2. The van der Waals surface area contributed by atoms with E-state index in [1.165, 1.54) is 17.7 Å². The van der Waals surface area contributed by atoms with Gasteiger partial charge in [0.05, 0.1) is 17.2 Å². The van der Waals surface area contributed by atoms with E-state index in [-0.39, 0.29) is 5.69 Å². The van der Waals surface area contributed by atoms with Crippen molar-refractivity contribution in [3.8, 4) is 11.4 Å². The standard InChI is InChI=1S/C20H20N6O2/c1-3-18-21-11-15-8-9-25(12-17(15)23-18)19-10-13(2)22-20(24-19)14-4-6-16(7-5-14)26(27)28/h4-7,10-11H,3,8-9,12H2,1-2H3. The lowest BCUT2D eigenvalue weighted by molar-refractivity contribution is -0.384. The molecule has 28 heavy (non-hydrogen) atoms. The second-order valence-electron chi connectivity index (χ2n) is 6.78. The van der Waals surface area contributed by atoms with Crippen LogP contribution in [-0.4, -0.2) is 31.4 Å². The van der Waals surface area contributed by atoms with Crippen LogP contribution in [0.3, 0.4) is 0 Å². The fourth-order valence-electron chi connectivity index (χ4n) is 3.29. The lowest BCUT2D eigenvalue weighted by Crippen LogP contribution is -2.32. The van der Waals surface area contributed by atoms with Crippen molar-refractivity contribution in [3.63, 3.8) is 0 Å². The van der Waals surface area contributed by atoms with E-state index in [2.05, 4.69) is 19.9 Å². The summed E-state index contributed by atoms with van der Waals surface area (Å²) in [5, 5.41) is 10.9.